The van der Waals surface area contributed by atoms with Crippen molar-refractivity contribution in [1.29, 1.82) is 0 Å². The second kappa shape index (κ2) is 8.11. The van der Waals surface area contributed by atoms with Gasteiger partial charge in [-0.3, -0.25) is 18.5 Å². The lowest BCUT2D eigenvalue weighted by Gasteiger charge is -2.09. The first kappa shape index (κ1) is 20.4. The predicted octanol–water partition coefficient (Wildman–Crippen LogP) is 2.29. The van der Waals surface area contributed by atoms with E-state index in [4.69, 9.17) is 11.6 Å². The lowest BCUT2D eigenvalue weighted by molar-refractivity contribution is 0.475. The van der Waals surface area contributed by atoms with Crippen molar-refractivity contribution < 1.29 is 5.11 Å². The van der Waals surface area contributed by atoms with Crippen LogP contribution in [0.15, 0.2) is 63.2 Å². The van der Waals surface area contributed by atoms with E-state index in [0.29, 0.717) is 17.5 Å². The molecule has 0 atom stereocenters. The monoisotopic (exact) mass is 438 g/mol. The second-order valence-corrected chi connectivity index (χ2v) is 7.42. The maximum absolute atomic E-state index is 12.9. The first-order chi connectivity index (χ1) is 14.8. The Labute approximate surface area is 181 Å². The number of nitrogens with zero attached hydrogens (tertiary/aromatic N) is 5. The number of aromatic nitrogens is 4. The lowest BCUT2D eigenvalue weighted by Crippen LogP contribution is -2.37. The molecule has 2 aromatic heterocycles. The van der Waals surface area contributed by atoms with Crippen molar-refractivity contribution >= 4 is 34.9 Å². The van der Waals surface area contributed by atoms with Gasteiger partial charge in [-0.25, -0.2) is 10.2 Å². The first-order valence-electron chi connectivity index (χ1n) is 9.34. The van der Waals surface area contributed by atoms with E-state index in [1.807, 2.05) is 12.1 Å². The predicted molar refractivity (Wildman–Crippen MR) is 120 cm³/mol. The Morgan fingerprint density at radius 2 is 1.74 bits per heavy atom. The van der Waals surface area contributed by atoms with Crippen LogP contribution in [-0.2, 0) is 20.6 Å². The molecule has 0 unspecified atom stereocenters. The largest absolute Gasteiger partial charge is 0.508 e. The van der Waals surface area contributed by atoms with Crippen molar-refractivity contribution in [1.82, 2.24) is 18.7 Å². The Hall–Kier alpha value is -3.85. The summed E-state index contributed by atoms with van der Waals surface area (Å²) in [6.07, 6.45) is 1.56. The molecular weight excluding hydrogens is 420 g/mol. The molecule has 2 aromatic carbocycles. The van der Waals surface area contributed by atoms with E-state index in [9.17, 15) is 14.7 Å². The smallest absolute Gasteiger partial charge is 0.332 e. The molecule has 2 heterocycles. The van der Waals surface area contributed by atoms with Gasteiger partial charge >= 0.3 is 5.69 Å². The molecule has 158 valence electrons. The Morgan fingerprint density at radius 1 is 1.06 bits per heavy atom. The van der Waals surface area contributed by atoms with Gasteiger partial charge in [0.15, 0.2) is 11.2 Å². The fourth-order valence-corrected chi connectivity index (χ4v) is 3.31. The van der Waals surface area contributed by atoms with E-state index < -0.39 is 11.2 Å². The van der Waals surface area contributed by atoms with Gasteiger partial charge in [0.05, 0.1) is 12.8 Å². The third-order valence-electron chi connectivity index (χ3n) is 4.87. The number of imidazole rings is 1. The number of phenols is 1. The summed E-state index contributed by atoms with van der Waals surface area (Å²) in [6, 6.07) is 13.7. The van der Waals surface area contributed by atoms with Crippen LogP contribution in [0.4, 0.5) is 5.95 Å². The molecule has 0 aliphatic heterocycles. The number of hydrogen-bond acceptors (Lipinski definition) is 6. The topological polar surface area (TPSA) is 106 Å². The van der Waals surface area contributed by atoms with E-state index in [1.54, 1.807) is 54.2 Å². The van der Waals surface area contributed by atoms with Crippen LogP contribution in [0, 0.1) is 0 Å². The molecular formula is C21H19ClN6O3. The molecule has 0 aliphatic rings. The van der Waals surface area contributed by atoms with Gasteiger partial charge < -0.3 is 5.11 Å². The van der Waals surface area contributed by atoms with Crippen molar-refractivity contribution in [3.63, 3.8) is 0 Å². The number of benzene rings is 2. The molecule has 0 radical (unpaired) electrons. The Kier molecular flexibility index (Phi) is 5.35. The molecule has 0 amide bonds. The number of aryl methyl sites for hydroxylation is 1. The van der Waals surface area contributed by atoms with E-state index >= 15 is 0 Å². The van der Waals surface area contributed by atoms with Gasteiger partial charge in [0.25, 0.3) is 5.56 Å². The molecule has 2 N–H and O–H groups in total. The van der Waals surface area contributed by atoms with Gasteiger partial charge in [-0.05, 0) is 47.5 Å². The van der Waals surface area contributed by atoms with Gasteiger partial charge in [0, 0.05) is 19.1 Å². The van der Waals surface area contributed by atoms with Crippen molar-refractivity contribution in [3.8, 4) is 5.75 Å². The van der Waals surface area contributed by atoms with Crippen LogP contribution >= 0.6 is 11.6 Å². The summed E-state index contributed by atoms with van der Waals surface area (Å²) in [7, 11) is 2.99. The van der Waals surface area contributed by atoms with Gasteiger partial charge in [-0.15, -0.1) is 0 Å². The molecule has 0 saturated carbocycles. The Balaban J connectivity index is 1.80. The van der Waals surface area contributed by atoms with Crippen molar-refractivity contribution in [2.75, 3.05) is 5.43 Å². The van der Waals surface area contributed by atoms with Crippen LogP contribution in [0.5, 0.6) is 5.75 Å². The van der Waals surface area contributed by atoms with E-state index in [-0.39, 0.29) is 16.9 Å². The molecule has 31 heavy (non-hydrogen) atoms. The normalized spacial score (nSPS) is 11.5. The molecule has 0 fully saturated rings. The average molecular weight is 439 g/mol. The molecule has 4 rings (SSSR count). The lowest BCUT2D eigenvalue weighted by atomic mass is 10.2. The average Bonchev–Trinajstić information content (AvgIpc) is 3.12. The zero-order valence-corrected chi connectivity index (χ0v) is 17.5. The van der Waals surface area contributed by atoms with Gasteiger partial charge in [-0.1, -0.05) is 23.7 Å². The summed E-state index contributed by atoms with van der Waals surface area (Å²) in [5.41, 5.74) is 4.13. The fourth-order valence-electron chi connectivity index (χ4n) is 3.18. The van der Waals surface area contributed by atoms with E-state index in [1.165, 1.54) is 11.6 Å². The highest BCUT2D eigenvalue weighted by atomic mass is 35.5. The number of rotatable bonds is 5. The summed E-state index contributed by atoms with van der Waals surface area (Å²) in [6.45, 7) is 0.318. The third-order valence-corrected chi connectivity index (χ3v) is 5.13. The Morgan fingerprint density at radius 3 is 2.42 bits per heavy atom. The van der Waals surface area contributed by atoms with Gasteiger partial charge in [0.1, 0.15) is 5.75 Å². The van der Waals surface area contributed by atoms with Crippen LogP contribution in [-0.4, -0.2) is 30.0 Å². The first-order valence-corrected chi connectivity index (χ1v) is 9.72. The zero-order valence-electron chi connectivity index (χ0n) is 16.8. The van der Waals surface area contributed by atoms with E-state index in [2.05, 4.69) is 15.5 Å². The maximum Gasteiger partial charge on any atom is 0.332 e. The second-order valence-electron chi connectivity index (χ2n) is 6.99. The molecule has 0 bridgehead atoms. The number of aromatic hydroxyl groups is 1. The number of hydrazone groups is 1. The van der Waals surface area contributed by atoms with Crippen molar-refractivity contribution in [3.05, 3.63) is 85.5 Å². The van der Waals surface area contributed by atoms with Crippen LogP contribution < -0.4 is 16.7 Å². The number of fused-ring (bicyclic) bond motifs is 1. The van der Waals surface area contributed by atoms with Crippen molar-refractivity contribution in [2.45, 2.75) is 6.54 Å². The fraction of sp³-hybridized carbons (Fsp3) is 0.143. The minimum Gasteiger partial charge on any atom is -0.508 e. The van der Waals surface area contributed by atoms with Crippen molar-refractivity contribution in [2.24, 2.45) is 19.2 Å². The number of phenolic OH excluding ortho intramolecular Hbond substituents is 1. The maximum atomic E-state index is 12.9. The number of hydrogen-bond donors (Lipinski definition) is 2. The molecule has 4 aromatic rings. The third kappa shape index (κ3) is 3.95. The van der Waals surface area contributed by atoms with Crippen LogP contribution in [0.3, 0.4) is 0 Å². The summed E-state index contributed by atoms with van der Waals surface area (Å²) in [5.74, 6) is 0.463. The standard InChI is InChI=1S/C21H19ClN6O3/c1-26-18-17(19(30)27(2)21(26)31)28(12-14-3-7-15(22)8-4-14)20(24-18)25-23-11-13-5-9-16(29)10-6-13/h3-11,29H,12H2,1-2H3,(H,24,25). The van der Waals surface area contributed by atoms with Crippen LogP contribution in [0.25, 0.3) is 11.2 Å². The molecule has 0 spiro atoms. The Bertz CT molecular complexity index is 1400. The quantitative estimate of drug-likeness (QED) is 0.367. The van der Waals surface area contributed by atoms with Crippen LogP contribution in [0.2, 0.25) is 5.02 Å². The minimum atomic E-state index is -0.465. The summed E-state index contributed by atoms with van der Waals surface area (Å²) >= 11 is 5.98. The molecule has 0 saturated heterocycles. The molecule has 9 nitrogen and oxygen atoms in total. The number of nitrogens with one attached hydrogen (secondary N) is 1. The highest BCUT2D eigenvalue weighted by Gasteiger charge is 2.19. The SMILES string of the molecule is Cn1c(=O)c2c(nc(NN=Cc3ccc(O)cc3)n2Cc2ccc(Cl)cc2)n(C)c1=O. The molecule has 10 heteroatoms. The van der Waals surface area contributed by atoms with Gasteiger partial charge in [-0.2, -0.15) is 10.1 Å². The zero-order chi connectivity index (χ0) is 22.1. The van der Waals surface area contributed by atoms with E-state index in [0.717, 1.165) is 15.7 Å². The van der Waals surface area contributed by atoms with Gasteiger partial charge in [0.2, 0.25) is 5.95 Å². The summed E-state index contributed by atoms with van der Waals surface area (Å²) in [5, 5.41) is 14.2. The summed E-state index contributed by atoms with van der Waals surface area (Å²) < 4.78 is 4.05. The number of halogens is 1. The highest BCUT2D eigenvalue weighted by molar-refractivity contribution is 6.30. The summed E-state index contributed by atoms with van der Waals surface area (Å²) in [4.78, 5) is 29.7. The van der Waals surface area contributed by atoms with Crippen LogP contribution in [0.1, 0.15) is 11.1 Å². The highest BCUT2D eigenvalue weighted by Crippen LogP contribution is 2.19. The molecule has 0 aliphatic carbocycles. The number of anilines is 1. The minimum absolute atomic E-state index is 0.159.